The Morgan fingerprint density at radius 3 is 3.33 bits per heavy atom. The van der Waals surface area contributed by atoms with E-state index < -0.39 is 0 Å². The van der Waals surface area contributed by atoms with Crippen LogP contribution in [0.2, 0.25) is 0 Å². The molecule has 5 heteroatoms. The highest BCUT2D eigenvalue weighted by Gasteiger charge is 2.35. The van der Waals surface area contributed by atoms with Crippen LogP contribution in [0.25, 0.3) is 0 Å². The second-order valence-electron chi connectivity index (χ2n) is 4.82. The first kappa shape index (κ1) is 11.7. The zero-order valence-electron chi connectivity index (χ0n) is 10.7. The maximum Gasteiger partial charge on any atom is 0.0930 e. The maximum absolute atomic E-state index is 5.88. The van der Waals surface area contributed by atoms with Crippen LogP contribution in [0.3, 0.4) is 0 Å². The second-order valence-corrected chi connectivity index (χ2v) is 4.82. The molecule has 18 heavy (non-hydrogen) atoms. The summed E-state index contributed by atoms with van der Waals surface area (Å²) < 4.78 is 7.91. The quantitative estimate of drug-likeness (QED) is 0.689. The molecule has 3 rings (SSSR count). The third kappa shape index (κ3) is 2.14. The molecule has 1 saturated heterocycles. The van der Waals surface area contributed by atoms with Crippen LogP contribution in [0.15, 0.2) is 6.20 Å². The molecule has 1 aromatic heterocycles. The summed E-state index contributed by atoms with van der Waals surface area (Å²) in [6, 6.07) is 0.299. The van der Waals surface area contributed by atoms with E-state index in [0.717, 1.165) is 38.2 Å². The van der Waals surface area contributed by atoms with Gasteiger partial charge in [-0.15, -0.1) is 11.0 Å². The third-order valence-corrected chi connectivity index (χ3v) is 3.62. The number of likely N-dealkylation sites (tertiary alicyclic amines) is 1. The number of piperidine rings is 1. The van der Waals surface area contributed by atoms with Crippen molar-refractivity contribution >= 4 is 0 Å². The number of ether oxygens (including phenoxy) is 1. The van der Waals surface area contributed by atoms with Gasteiger partial charge >= 0.3 is 0 Å². The van der Waals surface area contributed by atoms with Crippen molar-refractivity contribution < 1.29 is 4.74 Å². The molecular formula is C13H18N4O. The van der Waals surface area contributed by atoms with Crippen LogP contribution in [0, 0.1) is 11.8 Å². The minimum Gasteiger partial charge on any atom is -0.370 e. The van der Waals surface area contributed by atoms with Crippen molar-refractivity contribution in [1.82, 2.24) is 19.9 Å². The van der Waals surface area contributed by atoms with E-state index in [0.29, 0.717) is 12.6 Å². The Bertz CT molecular complexity index is 473. The summed E-state index contributed by atoms with van der Waals surface area (Å²) in [4.78, 5) is 2.38. The molecule has 3 heterocycles. The van der Waals surface area contributed by atoms with Crippen molar-refractivity contribution in [2.75, 3.05) is 19.6 Å². The van der Waals surface area contributed by atoms with Gasteiger partial charge in [0.15, 0.2) is 0 Å². The van der Waals surface area contributed by atoms with Gasteiger partial charge in [-0.05, 0) is 6.42 Å². The molecule has 0 unspecified atom stereocenters. The van der Waals surface area contributed by atoms with Crippen molar-refractivity contribution in [3.05, 3.63) is 11.9 Å². The predicted molar refractivity (Wildman–Crippen MR) is 66.8 cm³/mol. The van der Waals surface area contributed by atoms with Crippen molar-refractivity contribution in [2.45, 2.75) is 38.5 Å². The van der Waals surface area contributed by atoms with Crippen LogP contribution in [-0.4, -0.2) is 45.6 Å². The molecule has 0 spiro atoms. The van der Waals surface area contributed by atoms with Crippen LogP contribution in [0.4, 0.5) is 0 Å². The van der Waals surface area contributed by atoms with Gasteiger partial charge in [-0.25, -0.2) is 4.68 Å². The van der Waals surface area contributed by atoms with Gasteiger partial charge in [0.2, 0.25) is 0 Å². The molecule has 0 aliphatic carbocycles. The van der Waals surface area contributed by atoms with Crippen LogP contribution >= 0.6 is 0 Å². The minimum atomic E-state index is 0.287. The lowest BCUT2D eigenvalue weighted by Crippen LogP contribution is -2.48. The van der Waals surface area contributed by atoms with E-state index in [1.54, 1.807) is 6.20 Å². The van der Waals surface area contributed by atoms with Gasteiger partial charge in [-0.1, -0.05) is 18.1 Å². The number of hydrogen-bond donors (Lipinski definition) is 0. The lowest BCUT2D eigenvalue weighted by Gasteiger charge is -2.40. The average Bonchev–Trinajstić information content (AvgIpc) is 2.87. The number of rotatable bonds is 1. The first-order chi connectivity index (χ1) is 8.88. The fourth-order valence-electron chi connectivity index (χ4n) is 2.68. The van der Waals surface area contributed by atoms with Gasteiger partial charge in [0, 0.05) is 19.5 Å². The lowest BCUT2D eigenvalue weighted by molar-refractivity contribution is -0.0635. The monoisotopic (exact) mass is 246 g/mol. The topological polar surface area (TPSA) is 43.2 Å². The highest BCUT2D eigenvalue weighted by atomic mass is 16.5. The summed E-state index contributed by atoms with van der Waals surface area (Å²) in [5, 5.41) is 8.18. The average molecular weight is 246 g/mol. The largest absolute Gasteiger partial charge is 0.370 e. The molecule has 2 atom stereocenters. The van der Waals surface area contributed by atoms with E-state index in [-0.39, 0.29) is 6.10 Å². The summed E-state index contributed by atoms with van der Waals surface area (Å²) in [5.74, 6) is 6.33. The Morgan fingerprint density at radius 2 is 2.44 bits per heavy atom. The molecular weight excluding hydrogens is 228 g/mol. The third-order valence-electron chi connectivity index (χ3n) is 3.62. The predicted octanol–water partition coefficient (Wildman–Crippen LogP) is 0.837. The summed E-state index contributed by atoms with van der Waals surface area (Å²) >= 11 is 0. The summed E-state index contributed by atoms with van der Waals surface area (Å²) in [6.07, 6.45) is 4.06. The molecule has 0 bridgehead atoms. The van der Waals surface area contributed by atoms with Crippen molar-refractivity contribution in [3.8, 4) is 11.8 Å². The molecule has 2 aliphatic rings. The summed E-state index contributed by atoms with van der Waals surface area (Å²) in [5.41, 5.74) is 1.08. The van der Waals surface area contributed by atoms with Crippen molar-refractivity contribution in [3.63, 3.8) is 0 Å². The normalized spacial score (nSPS) is 26.9. The molecule has 96 valence electrons. The van der Waals surface area contributed by atoms with E-state index >= 15 is 0 Å². The second kappa shape index (κ2) is 5.09. The standard InChI is InChI=1S/C13H18N4O/c1-2-3-4-6-16-7-5-13-12(9-16)17-11(10-18-13)8-14-15-17/h8,12-13H,2,5-7,9-10H2,1H3/t12-,13-/m0/s1. The highest BCUT2D eigenvalue weighted by molar-refractivity contribution is 5.04. The van der Waals surface area contributed by atoms with Crippen molar-refractivity contribution in [2.24, 2.45) is 0 Å². The summed E-state index contributed by atoms with van der Waals surface area (Å²) in [6.45, 7) is 5.59. The van der Waals surface area contributed by atoms with Crippen LogP contribution in [-0.2, 0) is 11.3 Å². The molecule has 0 radical (unpaired) electrons. The van der Waals surface area contributed by atoms with Crippen LogP contribution in [0.1, 0.15) is 31.5 Å². The van der Waals surface area contributed by atoms with Crippen molar-refractivity contribution in [1.29, 1.82) is 0 Å². The fourth-order valence-corrected chi connectivity index (χ4v) is 2.68. The number of nitrogens with zero attached hydrogens (tertiary/aromatic N) is 4. The fraction of sp³-hybridized carbons (Fsp3) is 0.692. The molecule has 0 amide bonds. The van der Waals surface area contributed by atoms with Gasteiger partial charge < -0.3 is 4.74 Å². The molecule has 1 fully saturated rings. The Labute approximate surface area is 107 Å². The molecule has 1 aromatic rings. The molecule has 5 nitrogen and oxygen atoms in total. The number of aromatic nitrogens is 3. The molecule has 2 aliphatic heterocycles. The number of fused-ring (bicyclic) bond motifs is 3. The van der Waals surface area contributed by atoms with E-state index in [9.17, 15) is 0 Å². The van der Waals surface area contributed by atoms with E-state index in [4.69, 9.17) is 4.74 Å². The number of hydrogen-bond acceptors (Lipinski definition) is 4. The van der Waals surface area contributed by atoms with E-state index in [2.05, 4.69) is 34.0 Å². The smallest absolute Gasteiger partial charge is 0.0930 e. The molecule has 0 N–H and O–H groups in total. The lowest BCUT2D eigenvalue weighted by atomic mass is 10.0. The Morgan fingerprint density at radius 1 is 1.50 bits per heavy atom. The molecule has 0 saturated carbocycles. The van der Waals surface area contributed by atoms with Gasteiger partial charge in [-0.3, -0.25) is 4.90 Å². The first-order valence-electron chi connectivity index (χ1n) is 6.57. The first-order valence-corrected chi connectivity index (χ1v) is 6.57. The van der Waals surface area contributed by atoms with E-state index in [1.807, 2.05) is 4.68 Å². The van der Waals surface area contributed by atoms with Gasteiger partial charge in [-0.2, -0.15) is 0 Å². The Kier molecular flexibility index (Phi) is 3.31. The summed E-state index contributed by atoms with van der Waals surface area (Å²) in [7, 11) is 0. The molecule has 0 aromatic carbocycles. The van der Waals surface area contributed by atoms with E-state index in [1.165, 1.54) is 0 Å². The Hall–Kier alpha value is -1.38. The zero-order chi connectivity index (χ0) is 12.4. The van der Waals surface area contributed by atoms with Gasteiger partial charge in [0.25, 0.3) is 0 Å². The van der Waals surface area contributed by atoms with Gasteiger partial charge in [0.05, 0.1) is 37.2 Å². The zero-order valence-corrected chi connectivity index (χ0v) is 10.7. The highest BCUT2D eigenvalue weighted by Crippen LogP contribution is 2.29. The van der Waals surface area contributed by atoms with Crippen LogP contribution in [0.5, 0.6) is 0 Å². The van der Waals surface area contributed by atoms with Crippen LogP contribution < -0.4 is 0 Å². The SMILES string of the molecule is CCC#CCN1CC[C@@H]2OCc3cnnn3[C@H]2C1. The van der Waals surface area contributed by atoms with Gasteiger partial charge in [0.1, 0.15) is 0 Å². The minimum absolute atomic E-state index is 0.287. The Balaban J connectivity index is 1.71. The maximum atomic E-state index is 5.88.